The molecule has 5 nitrogen and oxygen atoms in total. The number of piperidine rings is 1. The van der Waals surface area contributed by atoms with E-state index in [1.165, 1.54) is 6.07 Å². The summed E-state index contributed by atoms with van der Waals surface area (Å²) >= 11 is 5.82. The summed E-state index contributed by atoms with van der Waals surface area (Å²) in [7, 11) is 0. The number of halogens is 2. The first kappa shape index (κ1) is 19.0. The van der Waals surface area contributed by atoms with Crippen LogP contribution in [0, 0.1) is 5.82 Å². The Morgan fingerprint density at radius 3 is 2.75 bits per heavy atom. The van der Waals surface area contributed by atoms with Crippen LogP contribution in [0.2, 0.25) is 5.02 Å². The molecule has 2 N–H and O–H groups in total. The summed E-state index contributed by atoms with van der Waals surface area (Å²) < 4.78 is 20.1. The number of carbonyl (C=O) groups is 1. The Morgan fingerprint density at radius 2 is 2.00 bits per heavy atom. The van der Waals surface area contributed by atoms with E-state index in [1.807, 2.05) is 23.1 Å². The topological polar surface area (TPSA) is 61.8 Å². The number of amides is 1. The van der Waals surface area contributed by atoms with Crippen LogP contribution in [0.3, 0.4) is 0 Å². The van der Waals surface area contributed by atoms with Crippen LogP contribution in [0.5, 0.6) is 5.75 Å². The lowest BCUT2D eigenvalue weighted by Crippen LogP contribution is -2.48. The van der Waals surface area contributed by atoms with Gasteiger partial charge in [-0.05, 0) is 49.6 Å². The van der Waals surface area contributed by atoms with Crippen molar-refractivity contribution in [1.29, 1.82) is 0 Å². The van der Waals surface area contributed by atoms with Gasteiger partial charge in [-0.25, -0.2) is 4.39 Å². The molecular formula is C21H22ClFN2O3. The Bertz CT molecular complexity index is 897. The third kappa shape index (κ3) is 3.93. The van der Waals surface area contributed by atoms with E-state index >= 15 is 0 Å². The van der Waals surface area contributed by atoms with Gasteiger partial charge in [0.05, 0.1) is 5.69 Å². The normalized spacial score (nSPS) is 18.4. The van der Waals surface area contributed by atoms with Crippen LogP contribution in [-0.4, -0.2) is 36.3 Å². The minimum atomic E-state index is -0.972. The van der Waals surface area contributed by atoms with Gasteiger partial charge in [0, 0.05) is 35.8 Å². The summed E-state index contributed by atoms with van der Waals surface area (Å²) in [5, 5.41) is 14.1. The van der Waals surface area contributed by atoms with Crippen molar-refractivity contribution in [2.75, 3.05) is 29.9 Å². The van der Waals surface area contributed by atoms with E-state index in [0.29, 0.717) is 55.2 Å². The van der Waals surface area contributed by atoms with Crippen molar-refractivity contribution in [3.05, 3.63) is 52.8 Å². The Morgan fingerprint density at radius 1 is 1.21 bits per heavy atom. The molecule has 2 aliphatic rings. The molecule has 2 aromatic rings. The number of rotatable bonds is 4. The Kier molecular flexibility index (Phi) is 5.17. The molecule has 0 saturated carbocycles. The average Bonchev–Trinajstić information content (AvgIpc) is 2.67. The molecule has 1 saturated heterocycles. The van der Waals surface area contributed by atoms with Crippen molar-refractivity contribution < 1.29 is 19.0 Å². The summed E-state index contributed by atoms with van der Waals surface area (Å²) in [6.45, 7) is 1.22. The third-order valence-corrected chi connectivity index (χ3v) is 5.69. The molecule has 148 valence electrons. The fourth-order valence-electron chi connectivity index (χ4n) is 3.79. The molecule has 4 rings (SSSR count). The van der Waals surface area contributed by atoms with E-state index in [0.717, 1.165) is 11.3 Å². The Balaban J connectivity index is 1.39. The van der Waals surface area contributed by atoms with Gasteiger partial charge in [0.25, 0.3) is 0 Å². The number of aliphatic hydroxyl groups is 1. The molecule has 7 heteroatoms. The SMILES string of the molecule is O=C1CCc2c(cccc2OCC2(O)CCN(c3ccc(Cl)cc3F)CC2)N1. The zero-order valence-corrected chi connectivity index (χ0v) is 16.1. The molecule has 2 aliphatic heterocycles. The zero-order chi connectivity index (χ0) is 19.7. The molecule has 2 heterocycles. The molecule has 1 amide bonds. The molecular weight excluding hydrogens is 383 g/mol. The molecule has 0 radical (unpaired) electrons. The highest BCUT2D eigenvalue weighted by molar-refractivity contribution is 6.30. The van der Waals surface area contributed by atoms with Gasteiger partial charge in [-0.1, -0.05) is 17.7 Å². The summed E-state index contributed by atoms with van der Waals surface area (Å²) in [6.07, 6.45) is 2.00. The highest BCUT2D eigenvalue weighted by Crippen LogP contribution is 2.33. The molecule has 0 aliphatic carbocycles. The predicted molar refractivity (Wildman–Crippen MR) is 107 cm³/mol. The monoisotopic (exact) mass is 404 g/mol. The molecule has 28 heavy (non-hydrogen) atoms. The van der Waals surface area contributed by atoms with Gasteiger partial charge in [0.1, 0.15) is 23.8 Å². The average molecular weight is 405 g/mol. The van der Waals surface area contributed by atoms with Gasteiger partial charge in [0.15, 0.2) is 0 Å². The van der Waals surface area contributed by atoms with Crippen LogP contribution in [0.4, 0.5) is 15.8 Å². The van der Waals surface area contributed by atoms with Crippen LogP contribution in [0.15, 0.2) is 36.4 Å². The number of fused-ring (bicyclic) bond motifs is 1. The first-order valence-corrected chi connectivity index (χ1v) is 9.78. The number of benzene rings is 2. The second-order valence-corrected chi connectivity index (χ2v) is 7.86. The summed E-state index contributed by atoms with van der Waals surface area (Å²) in [5.74, 6) is 0.342. The number of nitrogens with one attached hydrogen (secondary N) is 1. The van der Waals surface area contributed by atoms with Crippen LogP contribution in [-0.2, 0) is 11.2 Å². The molecule has 0 unspecified atom stereocenters. The zero-order valence-electron chi connectivity index (χ0n) is 15.4. The van der Waals surface area contributed by atoms with Crippen molar-refractivity contribution in [2.24, 2.45) is 0 Å². The minimum absolute atomic E-state index is 0.00471. The quantitative estimate of drug-likeness (QED) is 0.814. The molecule has 2 aromatic carbocycles. The second-order valence-electron chi connectivity index (χ2n) is 7.43. The van der Waals surface area contributed by atoms with Gasteiger partial charge in [-0.3, -0.25) is 4.79 Å². The van der Waals surface area contributed by atoms with Gasteiger partial charge >= 0.3 is 0 Å². The maximum Gasteiger partial charge on any atom is 0.224 e. The largest absolute Gasteiger partial charge is 0.490 e. The predicted octanol–water partition coefficient (Wildman–Crippen LogP) is 3.77. The van der Waals surface area contributed by atoms with Crippen molar-refractivity contribution in [3.63, 3.8) is 0 Å². The molecule has 0 aromatic heterocycles. The fourth-order valence-corrected chi connectivity index (χ4v) is 3.94. The van der Waals surface area contributed by atoms with E-state index < -0.39 is 5.60 Å². The second kappa shape index (κ2) is 7.60. The maximum atomic E-state index is 14.1. The lowest BCUT2D eigenvalue weighted by molar-refractivity contribution is -0.116. The molecule has 0 bridgehead atoms. The van der Waals surface area contributed by atoms with Gasteiger partial charge in [-0.15, -0.1) is 0 Å². The van der Waals surface area contributed by atoms with Crippen molar-refractivity contribution in [2.45, 2.75) is 31.3 Å². The van der Waals surface area contributed by atoms with Gasteiger partial charge in [0.2, 0.25) is 5.91 Å². The number of nitrogens with zero attached hydrogens (tertiary/aromatic N) is 1. The highest BCUT2D eigenvalue weighted by Gasteiger charge is 2.34. The van der Waals surface area contributed by atoms with E-state index in [4.69, 9.17) is 16.3 Å². The highest BCUT2D eigenvalue weighted by atomic mass is 35.5. The molecule has 0 spiro atoms. The number of carbonyl (C=O) groups excluding carboxylic acids is 1. The van der Waals surface area contributed by atoms with Gasteiger partial charge < -0.3 is 20.1 Å². The number of hydrogen-bond donors (Lipinski definition) is 2. The molecule has 0 atom stereocenters. The lowest BCUT2D eigenvalue weighted by Gasteiger charge is -2.39. The standard InChI is InChI=1S/C21H22ClFN2O3/c22-14-4-6-18(16(23)12-14)25-10-8-21(27,9-11-25)13-28-19-3-1-2-17-15(19)5-7-20(26)24-17/h1-4,6,12,27H,5,7-11,13H2,(H,24,26). The van der Waals surface area contributed by atoms with E-state index in [-0.39, 0.29) is 18.3 Å². The third-order valence-electron chi connectivity index (χ3n) is 5.45. The maximum absolute atomic E-state index is 14.1. The van der Waals surface area contributed by atoms with E-state index in [9.17, 15) is 14.3 Å². The van der Waals surface area contributed by atoms with Crippen LogP contribution in [0.25, 0.3) is 0 Å². The van der Waals surface area contributed by atoms with Crippen LogP contribution < -0.4 is 15.0 Å². The smallest absolute Gasteiger partial charge is 0.224 e. The lowest BCUT2D eigenvalue weighted by atomic mass is 9.92. The van der Waals surface area contributed by atoms with Crippen molar-refractivity contribution >= 4 is 28.9 Å². The number of anilines is 2. The number of ether oxygens (including phenoxy) is 1. The number of hydrogen-bond acceptors (Lipinski definition) is 4. The van der Waals surface area contributed by atoms with Crippen molar-refractivity contribution in [3.8, 4) is 5.75 Å². The minimum Gasteiger partial charge on any atom is -0.490 e. The Hall–Kier alpha value is -2.31. The first-order chi connectivity index (χ1) is 13.4. The van der Waals surface area contributed by atoms with Crippen LogP contribution in [0.1, 0.15) is 24.8 Å². The Labute approximate surface area is 168 Å². The van der Waals surface area contributed by atoms with Gasteiger partial charge in [-0.2, -0.15) is 0 Å². The molecule has 1 fully saturated rings. The van der Waals surface area contributed by atoms with Crippen LogP contribution >= 0.6 is 11.6 Å². The fraction of sp³-hybridized carbons (Fsp3) is 0.381. The van der Waals surface area contributed by atoms with Crippen molar-refractivity contribution in [1.82, 2.24) is 0 Å². The summed E-state index contributed by atoms with van der Waals surface area (Å²) in [4.78, 5) is 13.5. The van der Waals surface area contributed by atoms with E-state index in [2.05, 4.69) is 5.32 Å². The first-order valence-electron chi connectivity index (χ1n) is 9.40. The van der Waals surface area contributed by atoms with E-state index in [1.54, 1.807) is 12.1 Å². The summed E-state index contributed by atoms with van der Waals surface area (Å²) in [6, 6.07) is 10.2. The summed E-state index contributed by atoms with van der Waals surface area (Å²) in [5.41, 5.74) is 1.26.